The number of amides is 2. The molecule has 0 aliphatic carbocycles. The normalized spacial score (nSPS) is 11.7. The molecule has 3 rings (SSSR count). The first-order valence-corrected chi connectivity index (χ1v) is 11.7. The fourth-order valence-corrected chi connectivity index (χ4v) is 3.61. The zero-order chi connectivity index (χ0) is 28.4. The molecule has 1 aromatic heterocycles. The van der Waals surface area contributed by atoms with Crippen LogP contribution in [-0.4, -0.2) is 42.0 Å². The maximum absolute atomic E-state index is 13.1. The number of aromatic carboxylic acids is 1. The van der Waals surface area contributed by atoms with Crippen LogP contribution in [0.1, 0.15) is 21.5 Å². The second-order valence-corrected chi connectivity index (χ2v) is 8.46. The van der Waals surface area contributed by atoms with Crippen molar-refractivity contribution < 1.29 is 24.2 Å². The largest absolute Gasteiger partial charge is 0.619 e. The number of benzene rings is 2. The van der Waals surface area contributed by atoms with Crippen LogP contribution in [0.2, 0.25) is 5.02 Å². The highest BCUT2D eigenvalue weighted by Crippen LogP contribution is 2.23. The van der Waals surface area contributed by atoms with E-state index in [1.165, 1.54) is 66.2 Å². The molecule has 13 heteroatoms. The van der Waals surface area contributed by atoms with Crippen molar-refractivity contribution in [3.63, 3.8) is 0 Å². The number of carboxylic acids is 1. The van der Waals surface area contributed by atoms with E-state index < -0.39 is 23.8 Å². The van der Waals surface area contributed by atoms with Gasteiger partial charge in [-0.25, -0.2) is 10.6 Å². The van der Waals surface area contributed by atoms with E-state index in [0.717, 1.165) is 0 Å². The number of anilines is 2. The number of rotatable bonds is 11. The zero-order valence-corrected chi connectivity index (χ0v) is 21.2. The molecule has 2 aromatic carbocycles. The third kappa shape index (κ3) is 8.49. The number of halogens is 1. The third-order valence-corrected chi connectivity index (χ3v) is 5.48. The molecule has 0 radical (unpaired) electrons. The summed E-state index contributed by atoms with van der Waals surface area (Å²) in [5, 5.41) is 34.6. The molecule has 1 atom stereocenters. The van der Waals surface area contributed by atoms with E-state index in [0.29, 0.717) is 32.3 Å². The smallest absolute Gasteiger partial charge is 0.335 e. The highest BCUT2D eigenvalue weighted by atomic mass is 35.5. The number of carbonyl (C=O) groups is 3. The Morgan fingerprint density at radius 2 is 1.95 bits per heavy atom. The monoisotopic (exact) mass is 549 g/mol. The number of pyridine rings is 1. The topological polar surface area (TPSA) is 176 Å². The number of hydrogen-bond acceptors (Lipinski definition) is 7. The van der Waals surface area contributed by atoms with Crippen molar-refractivity contribution in [1.29, 1.82) is 0 Å². The molecule has 0 saturated carbocycles. The molecule has 3 aromatic rings. The summed E-state index contributed by atoms with van der Waals surface area (Å²) in [7, 11) is 0. The first kappa shape index (κ1) is 28.5. The Balaban J connectivity index is 1.81. The van der Waals surface area contributed by atoms with Gasteiger partial charge in [0.1, 0.15) is 12.4 Å². The number of nitrogens with two attached hydrogens (primary N) is 1. The summed E-state index contributed by atoms with van der Waals surface area (Å²) in [5.74, 6) is 3.66. The molecule has 0 aliphatic rings. The van der Waals surface area contributed by atoms with Gasteiger partial charge in [-0.15, -0.1) is 5.10 Å². The van der Waals surface area contributed by atoms with Gasteiger partial charge in [0.15, 0.2) is 12.4 Å². The van der Waals surface area contributed by atoms with Crippen molar-refractivity contribution in [3.8, 4) is 0 Å². The number of carboxylic acid groups (broad SMARTS) is 1. The molecule has 12 nitrogen and oxygen atoms in total. The van der Waals surface area contributed by atoms with Gasteiger partial charge in [0.05, 0.1) is 11.3 Å². The van der Waals surface area contributed by atoms with Gasteiger partial charge in [-0.2, -0.15) is 9.83 Å². The lowest BCUT2D eigenvalue weighted by molar-refractivity contribution is -0.605. The van der Waals surface area contributed by atoms with Crippen molar-refractivity contribution in [2.45, 2.75) is 12.5 Å². The van der Waals surface area contributed by atoms with Crippen LogP contribution >= 0.6 is 11.6 Å². The summed E-state index contributed by atoms with van der Waals surface area (Å²) in [6.07, 6.45) is 6.47. The standard InChI is InChI=1S/C26H24ClN7O5/c1-29-30-16-34(28)23-10-7-20(27)14-19(23)6-11-24(35)32-22(13-17-3-2-12-33(39)15-17)25(36)31-21-8-4-18(5-9-21)26(37)38/h2-12,14-16,22H,1,13,28H2,(H,31,36)(H,32,35)(H,37,38)/b11-6+,30-16-/t22-/m0/s1. The Kier molecular flexibility index (Phi) is 9.84. The summed E-state index contributed by atoms with van der Waals surface area (Å²) in [5.41, 5.74) is 1.82. The second kappa shape index (κ2) is 13.5. The molecule has 0 saturated heterocycles. The van der Waals surface area contributed by atoms with Crippen LogP contribution in [0.25, 0.3) is 6.08 Å². The van der Waals surface area contributed by atoms with Gasteiger partial charge in [-0.1, -0.05) is 11.6 Å². The average Bonchev–Trinajstić information content (AvgIpc) is 2.90. The molecule has 0 aliphatic heterocycles. The molecular formula is C26H24ClN7O5. The Bertz CT molecular complexity index is 1430. The molecule has 1 heterocycles. The van der Waals surface area contributed by atoms with Gasteiger partial charge in [0, 0.05) is 47.1 Å². The van der Waals surface area contributed by atoms with Crippen LogP contribution in [-0.2, 0) is 16.0 Å². The molecule has 0 spiro atoms. The number of carbonyl (C=O) groups excluding carboxylic acids is 2. The van der Waals surface area contributed by atoms with Gasteiger partial charge >= 0.3 is 5.97 Å². The first-order valence-electron chi connectivity index (χ1n) is 11.3. The summed E-state index contributed by atoms with van der Waals surface area (Å²) in [6, 6.07) is 12.4. The fraction of sp³-hybridized carbons (Fsp3) is 0.0769. The van der Waals surface area contributed by atoms with E-state index in [1.54, 1.807) is 24.3 Å². The molecule has 5 N–H and O–H groups in total. The molecule has 2 amide bonds. The van der Waals surface area contributed by atoms with Crippen molar-refractivity contribution in [3.05, 3.63) is 100.0 Å². The predicted octanol–water partition coefficient (Wildman–Crippen LogP) is 2.37. The third-order valence-electron chi connectivity index (χ3n) is 5.25. The highest BCUT2D eigenvalue weighted by molar-refractivity contribution is 6.30. The summed E-state index contributed by atoms with van der Waals surface area (Å²) in [4.78, 5) is 37.0. The Labute approximate surface area is 228 Å². The second-order valence-electron chi connectivity index (χ2n) is 8.03. The number of nitrogens with one attached hydrogen (secondary N) is 2. The van der Waals surface area contributed by atoms with Crippen LogP contribution in [0.15, 0.2) is 83.3 Å². The molecule has 0 unspecified atom stereocenters. The van der Waals surface area contributed by atoms with E-state index in [4.69, 9.17) is 22.6 Å². The Morgan fingerprint density at radius 1 is 1.21 bits per heavy atom. The van der Waals surface area contributed by atoms with Crippen LogP contribution in [0, 0.1) is 5.21 Å². The minimum atomic E-state index is -1.11. The van der Waals surface area contributed by atoms with Crippen molar-refractivity contribution in [2.75, 3.05) is 10.3 Å². The number of aromatic nitrogens is 1. The van der Waals surface area contributed by atoms with E-state index >= 15 is 0 Å². The van der Waals surface area contributed by atoms with Crippen molar-refractivity contribution >= 4 is 59.9 Å². The van der Waals surface area contributed by atoms with Gasteiger partial charge in [-0.05, 0) is 54.6 Å². The average molecular weight is 550 g/mol. The SMILES string of the molecule is C=N/N=C\N(N)c1ccc(Cl)cc1/C=C/C(=O)N[C@@H](Cc1ccc[n+]([O-])c1)C(=O)Nc1ccc(C(=O)O)cc1. The van der Waals surface area contributed by atoms with Crippen molar-refractivity contribution in [2.24, 2.45) is 16.0 Å². The van der Waals surface area contributed by atoms with Crippen molar-refractivity contribution in [1.82, 2.24) is 5.32 Å². The van der Waals surface area contributed by atoms with Gasteiger partial charge in [0.25, 0.3) is 0 Å². The van der Waals surface area contributed by atoms with E-state index in [-0.39, 0.29) is 12.0 Å². The maximum atomic E-state index is 13.1. The lowest BCUT2D eigenvalue weighted by atomic mass is 10.1. The Morgan fingerprint density at radius 3 is 2.62 bits per heavy atom. The van der Waals surface area contributed by atoms with E-state index in [1.807, 2.05) is 0 Å². The zero-order valence-electron chi connectivity index (χ0n) is 20.4. The molecule has 200 valence electrons. The van der Waals surface area contributed by atoms with E-state index in [2.05, 4.69) is 27.6 Å². The number of nitrogens with zero attached hydrogens (tertiary/aromatic N) is 4. The van der Waals surface area contributed by atoms with Crippen LogP contribution in [0.5, 0.6) is 0 Å². The lowest BCUT2D eigenvalue weighted by Crippen LogP contribution is -2.45. The number of hydrazine groups is 1. The quantitative estimate of drug-likeness (QED) is 0.0539. The van der Waals surface area contributed by atoms with Crippen LogP contribution in [0.4, 0.5) is 11.4 Å². The summed E-state index contributed by atoms with van der Waals surface area (Å²) < 4.78 is 0.584. The highest BCUT2D eigenvalue weighted by Gasteiger charge is 2.22. The molecule has 0 bridgehead atoms. The summed E-state index contributed by atoms with van der Waals surface area (Å²) in [6.45, 7) is 3.24. The minimum Gasteiger partial charge on any atom is -0.619 e. The molecule has 0 fully saturated rings. The molecular weight excluding hydrogens is 526 g/mol. The van der Waals surface area contributed by atoms with Gasteiger partial charge < -0.3 is 20.9 Å². The van der Waals surface area contributed by atoms with Gasteiger partial charge in [0.2, 0.25) is 11.8 Å². The molecule has 39 heavy (non-hydrogen) atoms. The van der Waals surface area contributed by atoms with Crippen LogP contribution in [0.3, 0.4) is 0 Å². The Hall–Kier alpha value is -5.07. The minimum absolute atomic E-state index is 0.00567. The van der Waals surface area contributed by atoms with E-state index in [9.17, 15) is 19.6 Å². The lowest BCUT2D eigenvalue weighted by Gasteiger charge is -2.18. The fourth-order valence-electron chi connectivity index (χ4n) is 3.43. The number of hydrogen-bond donors (Lipinski definition) is 4. The first-order chi connectivity index (χ1) is 18.7. The predicted molar refractivity (Wildman–Crippen MR) is 148 cm³/mol. The van der Waals surface area contributed by atoms with Gasteiger partial charge in [-0.3, -0.25) is 14.6 Å². The summed E-state index contributed by atoms with van der Waals surface area (Å²) >= 11 is 6.11. The van der Waals surface area contributed by atoms with Crippen LogP contribution < -0.4 is 26.2 Å². The maximum Gasteiger partial charge on any atom is 0.335 e.